The summed E-state index contributed by atoms with van der Waals surface area (Å²) in [6.45, 7) is 31.2. The third kappa shape index (κ3) is 8.75. The molecule has 1 saturated heterocycles. The molecule has 346 valence electrons. The van der Waals surface area contributed by atoms with Crippen molar-refractivity contribution >= 4 is 6.71 Å². The van der Waals surface area contributed by atoms with E-state index in [-0.39, 0.29) is 0 Å². The van der Waals surface area contributed by atoms with Crippen LogP contribution in [0, 0.1) is 45.3 Å². The molecule has 3 saturated carbocycles. The number of rotatable bonds is 5. The minimum Gasteiger partial charge on any atom is -0.370 e. The average molecular weight is 846 g/mol. The molecular weight excluding hydrogens is 749 g/mol. The Labute approximate surface area is 384 Å². The lowest BCUT2D eigenvalue weighted by atomic mass is 9.21. The average Bonchev–Trinajstić information content (AvgIpc) is 3.23. The van der Waals surface area contributed by atoms with E-state index in [4.69, 9.17) is 0 Å². The third-order valence-electron chi connectivity index (χ3n) is 20.1. The molecule has 0 aromatic rings. The summed E-state index contributed by atoms with van der Waals surface area (Å²) in [4.78, 5) is 9.84. The molecule has 9 aliphatic rings. The first kappa shape index (κ1) is 45.6. The molecule has 9 atom stereocenters. The van der Waals surface area contributed by atoms with Crippen LogP contribution in [0.15, 0.2) is 46.9 Å². The Morgan fingerprint density at radius 1 is 0.565 bits per heavy atom. The van der Waals surface area contributed by atoms with Gasteiger partial charge >= 0.3 is 0 Å². The molecule has 0 amide bonds. The Morgan fingerprint density at radius 3 is 1.84 bits per heavy atom. The van der Waals surface area contributed by atoms with Crippen molar-refractivity contribution in [2.75, 3.05) is 0 Å². The Morgan fingerprint density at radius 2 is 1.24 bits per heavy atom. The first-order valence-electron chi connectivity index (χ1n) is 27.4. The summed E-state index contributed by atoms with van der Waals surface area (Å²) in [6.07, 6.45) is 41.6. The van der Waals surface area contributed by atoms with Crippen LogP contribution in [0.4, 0.5) is 0 Å². The molecule has 0 aromatic carbocycles. The Hall–Kier alpha value is -1.58. The lowest BCUT2D eigenvalue weighted by Crippen LogP contribution is -2.69. The van der Waals surface area contributed by atoms with E-state index in [2.05, 4.69) is 122 Å². The number of allylic oxidation sites excluding steroid dienone is 7. The zero-order valence-corrected chi connectivity index (χ0v) is 42.7. The Kier molecular flexibility index (Phi) is 12.7. The van der Waals surface area contributed by atoms with Gasteiger partial charge in [0.15, 0.2) is 6.71 Å². The molecule has 9 unspecified atom stereocenters. The molecule has 2 aliphatic heterocycles. The molecule has 7 aliphatic carbocycles. The molecule has 0 spiro atoms. The van der Waals surface area contributed by atoms with Gasteiger partial charge in [-0.2, -0.15) is 0 Å². The topological polar surface area (TPSA) is 9.72 Å². The van der Waals surface area contributed by atoms with E-state index < -0.39 is 0 Å². The van der Waals surface area contributed by atoms with Crippen molar-refractivity contribution < 1.29 is 0 Å². The lowest BCUT2D eigenvalue weighted by molar-refractivity contribution is -0.00711. The summed E-state index contributed by atoms with van der Waals surface area (Å²) in [7, 11) is 0. The van der Waals surface area contributed by atoms with E-state index >= 15 is 0 Å². The largest absolute Gasteiger partial charge is 0.370 e. The smallest absolute Gasteiger partial charge is 0.189 e. The molecule has 2 heterocycles. The fourth-order valence-electron chi connectivity index (χ4n) is 16.3. The van der Waals surface area contributed by atoms with Gasteiger partial charge in [-0.05, 0) is 179 Å². The second-order valence-corrected chi connectivity index (χ2v) is 27.7. The summed E-state index contributed by atoms with van der Waals surface area (Å²) >= 11 is 0. The fourth-order valence-corrected chi connectivity index (χ4v) is 16.3. The summed E-state index contributed by atoms with van der Waals surface area (Å²) in [6, 6.07) is 3.93. The third-order valence-corrected chi connectivity index (χ3v) is 20.1. The summed E-state index contributed by atoms with van der Waals surface area (Å²) in [5, 5.41) is 0. The van der Waals surface area contributed by atoms with E-state index in [9.17, 15) is 0 Å². The van der Waals surface area contributed by atoms with E-state index in [1.54, 1.807) is 5.70 Å². The molecular formula is C58H96BN3. The van der Waals surface area contributed by atoms with Crippen LogP contribution in [-0.2, 0) is 0 Å². The quantitative estimate of drug-likeness (QED) is 0.202. The highest BCUT2D eigenvalue weighted by molar-refractivity contribution is 6.71. The Bertz CT molecular complexity index is 1710. The van der Waals surface area contributed by atoms with Gasteiger partial charge in [-0.15, -0.1) is 0 Å². The van der Waals surface area contributed by atoms with Crippen LogP contribution >= 0.6 is 0 Å². The first-order valence-corrected chi connectivity index (χ1v) is 27.4. The van der Waals surface area contributed by atoms with Crippen molar-refractivity contribution in [2.24, 2.45) is 45.3 Å². The van der Waals surface area contributed by atoms with Crippen molar-refractivity contribution in [3.05, 3.63) is 46.9 Å². The number of nitrogens with zero attached hydrogens (tertiary/aromatic N) is 3. The number of fused-ring (bicyclic) bond motifs is 3. The van der Waals surface area contributed by atoms with Gasteiger partial charge in [0.1, 0.15) is 0 Å². The maximum atomic E-state index is 3.33. The van der Waals surface area contributed by atoms with Crippen LogP contribution in [0.2, 0.25) is 11.6 Å². The standard InChI is InChI=1S/C58H96BN3/c1-55(2,3)39-23-29-45(30-24-39)61-50-33-27-41(57(7,8)9)35-48(50)59-49-36-42(58(10,11)12)28-34-51(49)62(46-31-25-40(26-32-46)56(4,5)6)53-38-47(37-52(61)54(53)59)60(43-19-15-13-16-20-43)44-21-17-14-18-22-44/h19,23,29,34,39-42,44-47,49,52-54H,13-18,20-22,24-28,30-33,35-38H2,1-12H3. The monoisotopic (exact) mass is 846 g/mol. The highest BCUT2D eigenvalue weighted by atomic mass is 15.3. The SMILES string of the molecule is CC(C)(C)C1C=CC(N2C3=C(CC(C(C)(C)C)CC3)B3C4CC(C(C)(C)C)CC=C4N(C4CCC(C(C)(C)C)CC4)C4CC(N(C5=CCCCC5)C5CCCCC5)CC2C34)CC1. The van der Waals surface area contributed by atoms with Gasteiger partial charge in [0.2, 0.25) is 0 Å². The summed E-state index contributed by atoms with van der Waals surface area (Å²) in [5.74, 6) is 4.50. The number of hydrogen-bond acceptors (Lipinski definition) is 3. The van der Waals surface area contributed by atoms with Crippen LogP contribution in [-0.4, -0.2) is 57.7 Å². The minimum atomic E-state index is 0.335. The summed E-state index contributed by atoms with van der Waals surface area (Å²) in [5.41, 5.74) is 8.93. The fraction of sp³-hybridized carbons (Fsp3) is 0.862. The van der Waals surface area contributed by atoms with Gasteiger partial charge in [-0.25, -0.2) is 0 Å². The van der Waals surface area contributed by atoms with Crippen LogP contribution in [0.25, 0.3) is 0 Å². The lowest BCUT2D eigenvalue weighted by Gasteiger charge is -2.67. The maximum absolute atomic E-state index is 3.33. The molecule has 0 radical (unpaired) electrons. The van der Waals surface area contributed by atoms with Crippen molar-refractivity contribution in [2.45, 2.75) is 272 Å². The molecule has 62 heavy (non-hydrogen) atoms. The van der Waals surface area contributed by atoms with E-state index in [0.717, 1.165) is 29.6 Å². The van der Waals surface area contributed by atoms with Crippen molar-refractivity contribution in [3.63, 3.8) is 0 Å². The normalized spacial score (nSPS) is 37.6. The van der Waals surface area contributed by atoms with Crippen molar-refractivity contribution in [1.82, 2.24) is 14.7 Å². The van der Waals surface area contributed by atoms with Crippen LogP contribution in [0.3, 0.4) is 0 Å². The Balaban J connectivity index is 1.22. The zero-order chi connectivity index (χ0) is 43.9. The second-order valence-electron chi connectivity index (χ2n) is 27.7. The molecule has 0 aromatic heterocycles. The van der Waals surface area contributed by atoms with E-state index in [1.165, 1.54) is 141 Å². The molecule has 4 heteroatoms. The molecule has 9 rings (SSSR count). The molecule has 0 N–H and O–H groups in total. The van der Waals surface area contributed by atoms with Crippen LogP contribution in [0.1, 0.15) is 224 Å². The van der Waals surface area contributed by atoms with Gasteiger partial charge in [0.25, 0.3) is 0 Å². The van der Waals surface area contributed by atoms with Crippen molar-refractivity contribution in [1.29, 1.82) is 0 Å². The van der Waals surface area contributed by atoms with E-state index in [1.807, 2.05) is 16.9 Å². The highest BCUT2D eigenvalue weighted by Crippen LogP contribution is 2.63. The first-order chi connectivity index (χ1) is 29.3. The zero-order valence-electron chi connectivity index (χ0n) is 42.7. The second kappa shape index (κ2) is 17.3. The van der Waals surface area contributed by atoms with Gasteiger partial charge in [-0.3, -0.25) is 0 Å². The maximum Gasteiger partial charge on any atom is 0.189 e. The van der Waals surface area contributed by atoms with Crippen LogP contribution < -0.4 is 0 Å². The minimum absolute atomic E-state index is 0.335. The van der Waals surface area contributed by atoms with Crippen molar-refractivity contribution in [3.8, 4) is 0 Å². The van der Waals surface area contributed by atoms with Crippen LogP contribution in [0.5, 0.6) is 0 Å². The predicted molar refractivity (Wildman–Crippen MR) is 267 cm³/mol. The number of hydrogen-bond donors (Lipinski definition) is 0. The van der Waals surface area contributed by atoms with Gasteiger partial charge in [-0.1, -0.05) is 132 Å². The molecule has 3 nitrogen and oxygen atoms in total. The molecule has 0 bridgehead atoms. The van der Waals surface area contributed by atoms with Gasteiger partial charge in [0.05, 0.1) is 0 Å². The predicted octanol–water partition coefficient (Wildman–Crippen LogP) is 15.8. The summed E-state index contributed by atoms with van der Waals surface area (Å²) < 4.78 is 0. The van der Waals surface area contributed by atoms with Gasteiger partial charge < -0.3 is 14.7 Å². The molecule has 4 fully saturated rings. The van der Waals surface area contributed by atoms with E-state index in [0.29, 0.717) is 70.3 Å². The highest BCUT2D eigenvalue weighted by Gasteiger charge is 2.62. The van der Waals surface area contributed by atoms with Gasteiger partial charge in [0, 0.05) is 53.3 Å².